The van der Waals surface area contributed by atoms with Crippen LogP contribution >= 0.6 is 12.6 Å². The molecule has 3 nitrogen and oxygen atoms in total. The van der Waals surface area contributed by atoms with Gasteiger partial charge in [0, 0.05) is 6.07 Å². The second kappa shape index (κ2) is 2.33. The van der Waals surface area contributed by atoms with Crippen LogP contribution in [0.2, 0.25) is 0 Å². The van der Waals surface area contributed by atoms with Crippen molar-refractivity contribution >= 4 is 12.6 Å². The Morgan fingerprint density at radius 2 is 2.33 bits per heavy atom. The van der Waals surface area contributed by atoms with E-state index in [1.54, 1.807) is 6.07 Å². The van der Waals surface area contributed by atoms with Gasteiger partial charge in [0.05, 0.1) is 0 Å². The second-order valence-electron chi connectivity index (χ2n) is 1.62. The highest BCUT2D eigenvalue weighted by Gasteiger charge is 2.03. The van der Waals surface area contributed by atoms with E-state index in [0.717, 1.165) is 0 Å². The van der Waals surface area contributed by atoms with Crippen LogP contribution in [0.1, 0.15) is 11.1 Å². The van der Waals surface area contributed by atoms with Crippen molar-refractivity contribution in [3.8, 4) is 5.95 Å². The fourth-order valence-corrected chi connectivity index (χ4v) is 0.640. The predicted molar refractivity (Wildman–Crippen MR) is 36.3 cm³/mol. The third-order valence-corrected chi connectivity index (χ3v) is 1.16. The molecule has 3 N–H and O–H groups in total. The van der Waals surface area contributed by atoms with E-state index in [-0.39, 0.29) is 5.95 Å². The Balaban J connectivity index is 2.85. The predicted octanol–water partition coefficient (Wildman–Crippen LogP) is 0.872. The molecular formula is C5H7NO2S. The van der Waals surface area contributed by atoms with Crippen molar-refractivity contribution < 1.29 is 9.52 Å². The number of rotatable bonds is 1. The van der Waals surface area contributed by atoms with Gasteiger partial charge in [-0.1, -0.05) is 0 Å². The van der Waals surface area contributed by atoms with E-state index < -0.39 is 5.37 Å². The lowest BCUT2D eigenvalue weighted by molar-refractivity contribution is 0.318. The first kappa shape index (κ1) is 6.51. The highest BCUT2D eigenvalue weighted by Crippen LogP contribution is 2.20. The third kappa shape index (κ3) is 1.40. The average Bonchev–Trinajstić information content (AvgIpc) is 2.14. The molecule has 1 unspecified atom stereocenters. The van der Waals surface area contributed by atoms with Crippen LogP contribution in [-0.2, 0) is 0 Å². The molecule has 0 aliphatic rings. The Hall–Kier alpha value is -0.610. The Morgan fingerprint density at radius 3 is 2.56 bits per heavy atom. The quantitative estimate of drug-likeness (QED) is 0.406. The van der Waals surface area contributed by atoms with Gasteiger partial charge >= 0.3 is 0 Å². The molecule has 0 aromatic carbocycles. The number of hydrogen-bond donors (Lipinski definition) is 3. The molecule has 0 bridgehead atoms. The van der Waals surface area contributed by atoms with Crippen LogP contribution in [-0.4, -0.2) is 5.11 Å². The highest BCUT2D eigenvalue weighted by molar-refractivity contribution is 7.80. The van der Waals surface area contributed by atoms with Gasteiger partial charge in [0.2, 0.25) is 0 Å². The van der Waals surface area contributed by atoms with Gasteiger partial charge in [0.1, 0.15) is 11.1 Å². The van der Waals surface area contributed by atoms with Crippen molar-refractivity contribution in [2.75, 3.05) is 0 Å². The summed E-state index contributed by atoms with van der Waals surface area (Å²) in [6.45, 7) is 0. The molecular weight excluding hydrogens is 138 g/mol. The Kier molecular flexibility index (Phi) is 1.68. The van der Waals surface area contributed by atoms with E-state index in [2.05, 4.69) is 12.6 Å². The molecule has 0 fully saturated rings. The topological polar surface area (TPSA) is 59.4 Å². The highest BCUT2D eigenvalue weighted by atomic mass is 32.1. The van der Waals surface area contributed by atoms with Crippen LogP contribution in [0.5, 0.6) is 5.95 Å². The first-order valence-corrected chi connectivity index (χ1v) is 2.94. The molecule has 0 radical (unpaired) electrons. The summed E-state index contributed by atoms with van der Waals surface area (Å²) >= 11 is 3.87. The maximum absolute atomic E-state index is 8.65. The zero-order chi connectivity index (χ0) is 6.85. The molecule has 0 aliphatic heterocycles. The molecule has 0 spiro atoms. The number of aromatic hydroxyl groups is 1. The molecule has 1 aromatic heterocycles. The van der Waals surface area contributed by atoms with Crippen LogP contribution in [0, 0.1) is 0 Å². The van der Waals surface area contributed by atoms with Gasteiger partial charge in [-0.2, -0.15) is 12.6 Å². The number of thiol groups is 1. The van der Waals surface area contributed by atoms with Crippen molar-refractivity contribution in [3.63, 3.8) is 0 Å². The normalized spacial score (nSPS) is 13.6. The number of nitrogens with two attached hydrogens (primary N) is 1. The molecule has 0 amide bonds. The molecule has 9 heavy (non-hydrogen) atoms. The molecule has 0 saturated heterocycles. The first-order valence-electron chi connectivity index (χ1n) is 2.42. The summed E-state index contributed by atoms with van der Waals surface area (Å²) in [6, 6.07) is 3.00. The van der Waals surface area contributed by atoms with Crippen molar-refractivity contribution in [1.82, 2.24) is 0 Å². The van der Waals surface area contributed by atoms with Crippen LogP contribution in [0.15, 0.2) is 16.5 Å². The zero-order valence-electron chi connectivity index (χ0n) is 4.61. The Labute approximate surface area is 57.9 Å². The van der Waals surface area contributed by atoms with E-state index in [0.29, 0.717) is 5.76 Å². The van der Waals surface area contributed by atoms with Crippen LogP contribution in [0.3, 0.4) is 0 Å². The SMILES string of the molecule is NC(S)c1ccc(O)o1. The Bertz CT molecular complexity index is 197. The van der Waals surface area contributed by atoms with Gasteiger partial charge < -0.3 is 15.3 Å². The lowest BCUT2D eigenvalue weighted by atomic mass is 10.4. The molecule has 1 heterocycles. The van der Waals surface area contributed by atoms with Crippen molar-refractivity contribution in [2.24, 2.45) is 5.73 Å². The minimum Gasteiger partial charge on any atom is -0.481 e. The largest absolute Gasteiger partial charge is 0.481 e. The van der Waals surface area contributed by atoms with Gasteiger partial charge in [-0.25, -0.2) is 0 Å². The second-order valence-corrected chi connectivity index (χ2v) is 2.18. The van der Waals surface area contributed by atoms with E-state index in [1.165, 1.54) is 6.07 Å². The molecule has 1 aromatic rings. The van der Waals surface area contributed by atoms with Crippen LogP contribution < -0.4 is 5.73 Å². The summed E-state index contributed by atoms with van der Waals surface area (Å²) in [5.74, 6) is 0.338. The van der Waals surface area contributed by atoms with Crippen LogP contribution in [0.25, 0.3) is 0 Å². The molecule has 1 rings (SSSR count). The van der Waals surface area contributed by atoms with Crippen molar-refractivity contribution in [2.45, 2.75) is 5.37 Å². The summed E-state index contributed by atoms with van der Waals surface area (Å²) < 4.78 is 4.70. The van der Waals surface area contributed by atoms with Gasteiger partial charge in [-0.05, 0) is 6.07 Å². The fraction of sp³-hybridized carbons (Fsp3) is 0.200. The third-order valence-electron chi connectivity index (χ3n) is 0.904. The van der Waals surface area contributed by atoms with E-state index in [9.17, 15) is 0 Å². The molecule has 1 atom stereocenters. The van der Waals surface area contributed by atoms with Crippen molar-refractivity contribution in [1.29, 1.82) is 0 Å². The smallest absolute Gasteiger partial charge is 0.282 e. The summed E-state index contributed by atoms with van der Waals surface area (Å²) in [5.41, 5.74) is 5.29. The van der Waals surface area contributed by atoms with E-state index in [4.69, 9.17) is 15.3 Å². The maximum Gasteiger partial charge on any atom is 0.282 e. The molecule has 0 aliphatic carbocycles. The van der Waals surface area contributed by atoms with Gasteiger partial charge in [-0.15, -0.1) is 0 Å². The maximum atomic E-state index is 8.65. The van der Waals surface area contributed by atoms with Crippen molar-refractivity contribution in [3.05, 3.63) is 17.9 Å². The van der Waals surface area contributed by atoms with Gasteiger partial charge in [0.15, 0.2) is 0 Å². The molecule has 0 saturated carbocycles. The standard InChI is InChI=1S/C5H7NO2S/c6-5(9)3-1-2-4(7)8-3/h1-2,5,7,9H,6H2. The van der Waals surface area contributed by atoms with E-state index in [1.807, 2.05) is 0 Å². The average molecular weight is 145 g/mol. The van der Waals surface area contributed by atoms with Crippen LogP contribution in [0.4, 0.5) is 0 Å². The first-order chi connectivity index (χ1) is 4.20. The minimum absolute atomic E-state index is 0.130. The number of furan rings is 1. The Morgan fingerprint density at radius 1 is 1.67 bits per heavy atom. The van der Waals surface area contributed by atoms with Gasteiger partial charge in [-0.3, -0.25) is 0 Å². The monoisotopic (exact) mass is 145 g/mol. The number of hydrogen-bond acceptors (Lipinski definition) is 4. The summed E-state index contributed by atoms with van der Waals surface area (Å²) in [6.07, 6.45) is 0. The molecule has 50 valence electrons. The lowest BCUT2D eigenvalue weighted by Gasteiger charge is -1.95. The lowest BCUT2D eigenvalue weighted by Crippen LogP contribution is -1.99. The van der Waals surface area contributed by atoms with E-state index >= 15 is 0 Å². The van der Waals surface area contributed by atoms with Gasteiger partial charge in [0.25, 0.3) is 5.95 Å². The summed E-state index contributed by atoms with van der Waals surface area (Å²) in [5, 5.41) is 8.19. The minimum atomic E-state index is -0.453. The molecule has 4 heteroatoms. The summed E-state index contributed by atoms with van der Waals surface area (Å²) in [4.78, 5) is 0. The zero-order valence-corrected chi connectivity index (χ0v) is 5.51. The fourth-order valence-electron chi connectivity index (χ4n) is 0.501. The summed E-state index contributed by atoms with van der Waals surface area (Å²) in [7, 11) is 0.